The lowest BCUT2D eigenvalue weighted by Gasteiger charge is -2.31. The van der Waals surface area contributed by atoms with Crippen LogP contribution in [0.2, 0.25) is 0 Å². The first-order valence-electron chi connectivity index (χ1n) is 11.7. The molecule has 1 fully saturated rings. The molecular formula is C26H27N7O2. The van der Waals surface area contributed by atoms with Gasteiger partial charge in [0, 0.05) is 25.3 Å². The van der Waals surface area contributed by atoms with Gasteiger partial charge in [0.1, 0.15) is 0 Å². The van der Waals surface area contributed by atoms with Crippen molar-refractivity contribution in [3.8, 4) is 17.5 Å². The standard InChI is InChI=1S/C26H27N7O2/c1-2-3-16-31-22-23(29-25(31)30-15-9-10-19(27)17-30)33(21-12-5-4-6-13-21)26(35)32(24(22)34)18-20-11-7-8-14-28-20/h4-8,11-14,19H,9-10,15-18,27H2,1H3/t19-/m1/s1. The Morgan fingerprint density at radius 2 is 1.89 bits per heavy atom. The van der Waals surface area contributed by atoms with E-state index in [1.807, 2.05) is 41.0 Å². The summed E-state index contributed by atoms with van der Waals surface area (Å²) < 4.78 is 4.55. The van der Waals surface area contributed by atoms with E-state index >= 15 is 0 Å². The first-order chi connectivity index (χ1) is 17.1. The van der Waals surface area contributed by atoms with Crippen LogP contribution in [0, 0.1) is 11.8 Å². The van der Waals surface area contributed by atoms with Gasteiger partial charge >= 0.3 is 5.69 Å². The summed E-state index contributed by atoms with van der Waals surface area (Å²) in [7, 11) is 0. The lowest BCUT2D eigenvalue weighted by molar-refractivity contribution is 0.496. The fourth-order valence-corrected chi connectivity index (χ4v) is 4.57. The summed E-state index contributed by atoms with van der Waals surface area (Å²) in [6.45, 7) is 3.49. The molecule has 5 rings (SSSR count). The van der Waals surface area contributed by atoms with Crippen molar-refractivity contribution in [1.82, 2.24) is 23.7 Å². The van der Waals surface area contributed by atoms with Crippen molar-refractivity contribution in [1.29, 1.82) is 0 Å². The molecule has 1 aliphatic rings. The maximum Gasteiger partial charge on any atom is 0.337 e. The lowest BCUT2D eigenvalue weighted by Crippen LogP contribution is -2.44. The first-order valence-corrected chi connectivity index (χ1v) is 11.7. The zero-order valence-corrected chi connectivity index (χ0v) is 19.6. The molecule has 0 spiro atoms. The second-order valence-electron chi connectivity index (χ2n) is 8.61. The Morgan fingerprint density at radius 3 is 2.60 bits per heavy atom. The molecule has 9 nitrogen and oxygen atoms in total. The Morgan fingerprint density at radius 1 is 1.09 bits per heavy atom. The average Bonchev–Trinajstić information content (AvgIpc) is 3.26. The molecule has 178 valence electrons. The van der Waals surface area contributed by atoms with Crippen molar-refractivity contribution in [3.63, 3.8) is 0 Å². The second-order valence-corrected chi connectivity index (χ2v) is 8.61. The van der Waals surface area contributed by atoms with Gasteiger partial charge in [-0.15, -0.1) is 5.92 Å². The third kappa shape index (κ3) is 4.24. The zero-order chi connectivity index (χ0) is 24.4. The van der Waals surface area contributed by atoms with E-state index in [2.05, 4.69) is 21.7 Å². The average molecular weight is 470 g/mol. The van der Waals surface area contributed by atoms with Gasteiger partial charge in [0.25, 0.3) is 5.56 Å². The summed E-state index contributed by atoms with van der Waals surface area (Å²) in [4.78, 5) is 38.9. The number of para-hydroxylation sites is 1. The van der Waals surface area contributed by atoms with E-state index in [1.54, 1.807) is 25.3 Å². The highest BCUT2D eigenvalue weighted by molar-refractivity contribution is 5.76. The van der Waals surface area contributed by atoms with E-state index in [-0.39, 0.29) is 19.1 Å². The van der Waals surface area contributed by atoms with Crippen molar-refractivity contribution in [3.05, 3.63) is 81.3 Å². The van der Waals surface area contributed by atoms with Crippen LogP contribution in [-0.2, 0) is 13.1 Å². The molecule has 2 N–H and O–H groups in total. The predicted molar refractivity (Wildman–Crippen MR) is 136 cm³/mol. The minimum atomic E-state index is -0.465. The fourth-order valence-electron chi connectivity index (χ4n) is 4.57. The Kier molecular flexibility index (Phi) is 6.21. The van der Waals surface area contributed by atoms with Gasteiger partial charge in [0.05, 0.1) is 24.5 Å². The Hall–Kier alpha value is -4.16. The summed E-state index contributed by atoms with van der Waals surface area (Å²) in [6, 6.07) is 14.7. The summed E-state index contributed by atoms with van der Waals surface area (Å²) in [5.41, 5.74) is 7.27. The number of anilines is 1. The van der Waals surface area contributed by atoms with Gasteiger partial charge in [0.15, 0.2) is 11.2 Å². The van der Waals surface area contributed by atoms with Gasteiger partial charge in [-0.1, -0.05) is 30.2 Å². The van der Waals surface area contributed by atoms with E-state index < -0.39 is 11.2 Å². The van der Waals surface area contributed by atoms with Crippen LogP contribution in [0.5, 0.6) is 0 Å². The molecule has 9 heteroatoms. The number of nitrogens with two attached hydrogens (primary N) is 1. The van der Waals surface area contributed by atoms with Gasteiger partial charge in [-0.25, -0.2) is 9.36 Å². The molecule has 1 saturated heterocycles. The van der Waals surface area contributed by atoms with E-state index in [1.165, 1.54) is 9.13 Å². The van der Waals surface area contributed by atoms with Crippen LogP contribution < -0.4 is 21.9 Å². The third-order valence-electron chi connectivity index (χ3n) is 6.23. The SMILES string of the molecule is CC#CCn1c(N2CCC[C@@H](N)C2)nc2c1c(=O)n(Cc1ccccn1)c(=O)n2-c1ccccc1. The molecule has 0 saturated carbocycles. The lowest BCUT2D eigenvalue weighted by atomic mass is 10.1. The molecule has 4 heterocycles. The number of imidazole rings is 1. The van der Waals surface area contributed by atoms with Crippen molar-refractivity contribution in [2.75, 3.05) is 18.0 Å². The van der Waals surface area contributed by atoms with Crippen LogP contribution in [-0.4, -0.2) is 42.8 Å². The minimum Gasteiger partial charge on any atom is -0.341 e. The van der Waals surface area contributed by atoms with Crippen LogP contribution in [0.4, 0.5) is 5.95 Å². The molecule has 0 aliphatic carbocycles. The van der Waals surface area contributed by atoms with E-state index in [0.717, 1.165) is 19.4 Å². The van der Waals surface area contributed by atoms with E-state index in [9.17, 15) is 9.59 Å². The molecule has 1 aliphatic heterocycles. The van der Waals surface area contributed by atoms with Crippen LogP contribution in [0.15, 0.2) is 64.3 Å². The molecule has 3 aromatic heterocycles. The predicted octanol–water partition coefficient (Wildman–Crippen LogP) is 1.74. The number of pyridine rings is 1. The molecule has 0 unspecified atom stereocenters. The maximum atomic E-state index is 13.9. The van der Waals surface area contributed by atoms with Gasteiger partial charge in [0.2, 0.25) is 5.95 Å². The first kappa shape index (κ1) is 22.6. The molecule has 0 amide bonds. The fraction of sp³-hybridized carbons (Fsp3) is 0.308. The van der Waals surface area contributed by atoms with Crippen molar-refractivity contribution in [2.24, 2.45) is 5.73 Å². The van der Waals surface area contributed by atoms with E-state index in [0.29, 0.717) is 35.0 Å². The highest BCUT2D eigenvalue weighted by Crippen LogP contribution is 2.24. The minimum absolute atomic E-state index is 0.0198. The van der Waals surface area contributed by atoms with Crippen molar-refractivity contribution >= 4 is 17.1 Å². The van der Waals surface area contributed by atoms with Crippen LogP contribution in [0.25, 0.3) is 16.9 Å². The Labute approximate surface area is 202 Å². The largest absolute Gasteiger partial charge is 0.341 e. The number of benzene rings is 1. The summed E-state index contributed by atoms with van der Waals surface area (Å²) in [6.07, 6.45) is 3.52. The topological polar surface area (TPSA) is 104 Å². The number of fused-ring (bicyclic) bond motifs is 1. The highest BCUT2D eigenvalue weighted by atomic mass is 16.2. The number of aromatic nitrogens is 5. The normalized spacial score (nSPS) is 15.7. The number of hydrogen-bond acceptors (Lipinski definition) is 6. The zero-order valence-electron chi connectivity index (χ0n) is 19.6. The summed E-state index contributed by atoms with van der Waals surface area (Å²) >= 11 is 0. The summed E-state index contributed by atoms with van der Waals surface area (Å²) in [5.74, 6) is 6.59. The maximum absolute atomic E-state index is 13.9. The third-order valence-corrected chi connectivity index (χ3v) is 6.23. The van der Waals surface area contributed by atoms with Gasteiger partial charge in [-0.2, -0.15) is 4.98 Å². The van der Waals surface area contributed by atoms with E-state index in [4.69, 9.17) is 10.7 Å². The molecule has 0 radical (unpaired) electrons. The van der Waals surface area contributed by atoms with Crippen LogP contribution in [0.1, 0.15) is 25.5 Å². The molecular weight excluding hydrogens is 442 g/mol. The second kappa shape index (κ2) is 9.60. The van der Waals surface area contributed by atoms with Crippen molar-refractivity contribution in [2.45, 2.75) is 38.9 Å². The number of rotatable bonds is 5. The van der Waals surface area contributed by atoms with Gasteiger partial charge in [-0.3, -0.25) is 18.9 Å². The Bertz CT molecular complexity index is 1530. The van der Waals surface area contributed by atoms with Crippen molar-refractivity contribution < 1.29 is 0 Å². The number of piperidine rings is 1. The molecule has 35 heavy (non-hydrogen) atoms. The molecule has 1 atom stereocenters. The molecule has 0 bridgehead atoms. The Balaban J connectivity index is 1.83. The van der Waals surface area contributed by atoms with Crippen LogP contribution in [0.3, 0.4) is 0 Å². The summed E-state index contributed by atoms with van der Waals surface area (Å²) in [5, 5.41) is 0. The van der Waals surface area contributed by atoms with Gasteiger partial charge < -0.3 is 10.6 Å². The number of hydrogen-bond donors (Lipinski definition) is 1. The van der Waals surface area contributed by atoms with Crippen LogP contribution >= 0.6 is 0 Å². The highest BCUT2D eigenvalue weighted by Gasteiger charge is 2.27. The van der Waals surface area contributed by atoms with Gasteiger partial charge in [-0.05, 0) is 44.0 Å². The number of nitrogens with zero attached hydrogens (tertiary/aromatic N) is 6. The molecule has 1 aromatic carbocycles. The smallest absolute Gasteiger partial charge is 0.337 e. The molecule has 4 aromatic rings. The quantitative estimate of drug-likeness (QED) is 0.447. The monoisotopic (exact) mass is 469 g/mol.